The van der Waals surface area contributed by atoms with Crippen LogP contribution in [0.4, 0.5) is 5.69 Å². The van der Waals surface area contributed by atoms with Gasteiger partial charge < -0.3 is 4.52 Å². The second-order valence-corrected chi connectivity index (χ2v) is 4.37. The summed E-state index contributed by atoms with van der Waals surface area (Å²) in [6.07, 6.45) is 1.46. The van der Waals surface area contributed by atoms with Crippen LogP contribution < -0.4 is 15.5 Å². The molecule has 0 unspecified atom stereocenters. The fourth-order valence-electron chi connectivity index (χ4n) is 1.63. The number of benzene rings is 1. The molecule has 2 rings (SSSR count). The van der Waals surface area contributed by atoms with Crippen molar-refractivity contribution >= 4 is 5.69 Å². The average Bonchev–Trinajstić information content (AvgIpc) is 2.76. The minimum atomic E-state index is -0.544. The summed E-state index contributed by atoms with van der Waals surface area (Å²) in [5, 5.41) is 21.6. The Bertz CT molecular complexity index is 624. The van der Waals surface area contributed by atoms with Crippen molar-refractivity contribution in [1.82, 2.24) is 5.27 Å². The molecule has 0 amide bonds. The highest BCUT2D eigenvalue weighted by Gasteiger charge is 2.29. The van der Waals surface area contributed by atoms with Crippen LogP contribution in [0.1, 0.15) is 19.4 Å². The monoisotopic (exact) mass is 248 g/mol. The first-order valence-corrected chi connectivity index (χ1v) is 5.27. The lowest BCUT2D eigenvalue weighted by molar-refractivity contribution is -0.812. The van der Waals surface area contributed by atoms with E-state index in [1.807, 2.05) is 13.8 Å². The Hall–Kier alpha value is -2.44. The Labute approximate surface area is 102 Å². The lowest BCUT2D eigenvalue weighted by Crippen LogP contribution is -2.55. The predicted octanol–water partition coefficient (Wildman–Crippen LogP) is 0.695. The molecule has 7 heteroatoms. The largest absolute Gasteiger partial charge is 0.487 e. The molecule has 1 N–H and O–H groups in total. The van der Waals surface area contributed by atoms with Gasteiger partial charge >= 0.3 is 0 Å². The standard InChI is InChI=1S/C11H12N4O3/c1-11(2,14-7-10(12)18-13-14)8-3-5-9(6-4-8)15(16)17/h3-7,12H,1-2H3. The topological polar surface area (TPSA) is 98.1 Å². The molecule has 0 saturated heterocycles. The summed E-state index contributed by atoms with van der Waals surface area (Å²) in [6, 6.07) is 6.23. The molecule has 2 aromatic rings. The maximum absolute atomic E-state index is 10.6. The van der Waals surface area contributed by atoms with Crippen molar-refractivity contribution in [3.63, 3.8) is 0 Å². The maximum Gasteiger partial charge on any atom is 0.269 e. The molecule has 0 saturated carbocycles. The number of rotatable bonds is 3. The number of nitro benzene ring substituents is 1. The lowest BCUT2D eigenvalue weighted by Gasteiger charge is -2.20. The zero-order chi connectivity index (χ0) is 13.3. The molecule has 18 heavy (non-hydrogen) atoms. The molecule has 7 nitrogen and oxygen atoms in total. The quantitative estimate of drug-likeness (QED) is 0.491. The molecule has 0 radical (unpaired) electrons. The Kier molecular flexibility index (Phi) is 2.74. The van der Waals surface area contributed by atoms with Crippen molar-refractivity contribution in [2.45, 2.75) is 19.4 Å². The van der Waals surface area contributed by atoms with E-state index >= 15 is 0 Å². The maximum atomic E-state index is 10.6. The van der Waals surface area contributed by atoms with Crippen molar-refractivity contribution in [3.8, 4) is 0 Å². The molecule has 0 spiro atoms. The van der Waals surface area contributed by atoms with E-state index in [0.717, 1.165) is 5.56 Å². The molecule has 94 valence electrons. The van der Waals surface area contributed by atoms with Crippen LogP contribution in [0.3, 0.4) is 0 Å². The lowest BCUT2D eigenvalue weighted by atomic mass is 9.94. The fourth-order valence-corrected chi connectivity index (χ4v) is 1.63. The highest BCUT2D eigenvalue weighted by molar-refractivity contribution is 5.34. The Morgan fingerprint density at radius 2 is 2.00 bits per heavy atom. The zero-order valence-electron chi connectivity index (χ0n) is 9.95. The van der Waals surface area contributed by atoms with Crippen LogP contribution in [-0.2, 0) is 5.54 Å². The van der Waals surface area contributed by atoms with E-state index in [0.29, 0.717) is 0 Å². The van der Waals surface area contributed by atoms with E-state index in [1.165, 1.54) is 23.0 Å². The van der Waals surface area contributed by atoms with E-state index in [9.17, 15) is 10.1 Å². The van der Waals surface area contributed by atoms with Gasteiger partial charge in [0.15, 0.2) is 5.54 Å². The molecular weight excluding hydrogens is 236 g/mol. The molecule has 0 aliphatic rings. The van der Waals surface area contributed by atoms with Crippen LogP contribution in [0.15, 0.2) is 35.0 Å². The smallest absolute Gasteiger partial charge is 0.269 e. The van der Waals surface area contributed by atoms with Crippen LogP contribution in [0.25, 0.3) is 0 Å². The molecule has 1 heterocycles. The number of hydrogen-bond donors (Lipinski definition) is 1. The predicted molar refractivity (Wildman–Crippen MR) is 59.6 cm³/mol. The number of hydrogen-bond acceptors (Lipinski definition) is 4. The normalized spacial score (nSPS) is 11.4. The molecule has 0 bridgehead atoms. The van der Waals surface area contributed by atoms with Crippen molar-refractivity contribution in [2.75, 3.05) is 0 Å². The molecule has 0 fully saturated rings. The number of non-ortho nitro benzene ring substituents is 1. The van der Waals surface area contributed by atoms with Crippen molar-refractivity contribution < 1.29 is 14.1 Å². The van der Waals surface area contributed by atoms with E-state index in [-0.39, 0.29) is 11.2 Å². The zero-order valence-corrected chi connectivity index (χ0v) is 9.95. The Morgan fingerprint density at radius 1 is 1.39 bits per heavy atom. The first-order valence-electron chi connectivity index (χ1n) is 5.27. The van der Waals surface area contributed by atoms with Gasteiger partial charge in [-0.05, 0) is 12.1 Å². The molecule has 1 aromatic carbocycles. The molecule has 0 aliphatic carbocycles. The van der Waals surface area contributed by atoms with E-state index in [2.05, 4.69) is 5.27 Å². The second kappa shape index (κ2) is 4.10. The number of nitrogens with zero attached hydrogens (tertiary/aromatic N) is 3. The van der Waals surface area contributed by atoms with Crippen LogP contribution in [0, 0.1) is 15.5 Å². The number of nitrogens with one attached hydrogen (secondary N) is 1. The van der Waals surface area contributed by atoms with Crippen molar-refractivity contribution in [1.29, 1.82) is 5.41 Å². The Balaban J connectivity index is 2.41. The first-order chi connectivity index (χ1) is 8.41. The van der Waals surface area contributed by atoms with Gasteiger partial charge in [0.25, 0.3) is 11.2 Å². The van der Waals surface area contributed by atoms with Crippen LogP contribution >= 0.6 is 0 Å². The van der Waals surface area contributed by atoms with Gasteiger partial charge in [-0.1, -0.05) is 0 Å². The number of nitro groups is 1. The van der Waals surface area contributed by atoms with Gasteiger partial charge in [-0.15, -0.1) is 0 Å². The summed E-state index contributed by atoms with van der Waals surface area (Å²) in [6.45, 7) is 3.77. The minimum Gasteiger partial charge on any atom is -0.487 e. The summed E-state index contributed by atoms with van der Waals surface area (Å²) >= 11 is 0. The van der Waals surface area contributed by atoms with Gasteiger partial charge in [-0.3, -0.25) is 20.8 Å². The highest BCUT2D eigenvalue weighted by atomic mass is 16.6. The van der Waals surface area contributed by atoms with Gasteiger partial charge in [0.1, 0.15) is 0 Å². The average molecular weight is 248 g/mol. The van der Waals surface area contributed by atoms with Crippen LogP contribution in [0.5, 0.6) is 0 Å². The van der Waals surface area contributed by atoms with E-state index < -0.39 is 10.5 Å². The molecule has 1 aromatic heterocycles. The summed E-state index contributed by atoms with van der Waals surface area (Å²) in [7, 11) is 0. The van der Waals surface area contributed by atoms with Crippen LogP contribution in [0.2, 0.25) is 0 Å². The fraction of sp³-hybridized carbons (Fsp3) is 0.273. The first kappa shape index (κ1) is 12.0. The summed E-state index contributed by atoms with van der Waals surface area (Å²) in [4.78, 5) is 10.1. The summed E-state index contributed by atoms with van der Waals surface area (Å²) in [5.74, 6) is 0. The van der Waals surface area contributed by atoms with Crippen LogP contribution in [-0.4, -0.2) is 4.92 Å². The van der Waals surface area contributed by atoms with Gasteiger partial charge in [-0.2, -0.15) is 0 Å². The summed E-state index contributed by atoms with van der Waals surface area (Å²) < 4.78 is 6.22. The van der Waals surface area contributed by atoms with Gasteiger partial charge in [0, 0.05) is 31.5 Å². The van der Waals surface area contributed by atoms with E-state index in [1.54, 1.807) is 12.1 Å². The number of aromatic nitrogens is 2. The van der Waals surface area contributed by atoms with Gasteiger partial charge in [0.2, 0.25) is 6.20 Å². The van der Waals surface area contributed by atoms with Gasteiger partial charge in [0.05, 0.1) is 4.92 Å². The molecular formula is C11H12N4O3. The Morgan fingerprint density at radius 3 is 2.44 bits per heavy atom. The highest BCUT2D eigenvalue weighted by Crippen LogP contribution is 2.21. The second-order valence-electron chi connectivity index (χ2n) is 4.37. The summed E-state index contributed by atoms with van der Waals surface area (Å²) in [5.41, 5.74) is 0.301. The molecule has 0 aliphatic heterocycles. The minimum absolute atomic E-state index is 0.0370. The van der Waals surface area contributed by atoms with Crippen molar-refractivity contribution in [2.24, 2.45) is 0 Å². The third-order valence-electron chi connectivity index (χ3n) is 2.82. The van der Waals surface area contributed by atoms with E-state index in [4.69, 9.17) is 9.93 Å². The van der Waals surface area contributed by atoms with Gasteiger partial charge in [-0.25, -0.2) is 4.68 Å². The van der Waals surface area contributed by atoms with Crippen molar-refractivity contribution in [3.05, 3.63) is 51.7 Å². The molecule has 0 atom stereocenters. The third-order valence-corrected chi connectivity index (χ3v) is 2.82. The third kappa shape index (κ3) is 2.02. The SMILES string of the molecule is CC(C)(c1ccc([N+](=O)[O-])cc1)[n+]1cc(=N)o[n-]1.